The van der Waals surface area contributed by atoms with Crippen LogP contribution in [0, 0.1) is 10.1 Å². The molecule has 2 rings (SSSR count). The first-order valence-electron chi connectivity index (χ1n) is 5.16. The Kier molecular flexibility index (Phi) is 3.44. The Morgan fingerprint density at radius 2 is 2.28 bits per heavy atom. The molecule has 0 amide bonds. The molecule has 1 atom stereocenters. The van der Waals surface area contributed by atoms with Crippen molar-refractivity contribution in [3.05, 3.63) is 50.7 Å². The van der Waals surface area contributed by atoms with E-state index in [4.69, 9.17) is 0 Å². The van der Waals surface area contributed by atoms with Gasteiger partial charge >= 0.3 is 0 Å². The molecule has 6 nitrogen and oxygen atoms in total. The van der Waals surface area contributed by atoms with E-state index in [1.165, 1.54) is 10.7 Å². The van der Waals surface area contributed by atoms with Crippen molar-refractivity contribution in [1.29, 1.82) is 0 Å². The van der Waals surface area contributed by atoms with E-state index < -0.39 is 11.0 Å². The summed E-state index contributed by atoms with van der Waals surface area (Å²) in [5, 5.41) is 24.5. The van der Waals surface area contributed by atoms with Crippen LogP contribution in [0.4, 0.5) is 5.69 Å². The van der Waals surface area contributed by atoms with Gasteiger partial charge in [-0.25, -0.2) is 4.68 Å². The Morgan fingerprint density at radius 3 is 2.78 bits per heavy atom. The Balaban J connectivity index is 2.57. The van der Waals surface area contributed by atoms with E-state index in [1.807, 2.05) is 0 Å². The highest BCUT2D eigenvalue weighted by Gasteiger charge is 2.18. The predicted molar refractivity (Wildman–Crippen MR) is 68.6 cm³/mol. The van der Waals surface area contributed by atoms with Crippen LogP contribution in [0.2, 0.25) is 0 Å². The van der Waals surface area contributed by atoms with Gasteiger partial charge in [-0.1, -0.05) is 6.07 Å². The van der Waals surface area contributed by atoms with E-state index in [-0.39, 0.29) is 5.69 Å². The lowest BCUT2D eigenvalue weighted by molar-refractivity contribution is -0.384. The van der Waals surface area contributed by atoms with Crippen molar-refractivity contribution in [2.45, 2.75) is 13.0 Å². The second kappa shape index (κ2) is 4.87. The van der Waals surface area contributed by atoms with E-state index in [0.717, 1.165) is 4.47 Å². The summed E-state index contributed by atoms with van der Waals surface area (Å²) in [4.78, 5) is 10.6. The average molecular weight is 312 g/mol. The number of rotatable bonds is 3. The van der Waals surface area contributed by atoms with E-state index in [2.05, 4.69) is 21.0 Å². The number of aromatic nitrogens is 2. The zero-order valence-electron chi connectivity index (χ0n) is 9.45. The van der Waals surface area contributed by atoms with Crippen LogP contribution in [0.1, 0.15) is 18.6 Å². The van der Waals surface area contributed by atoms with Crippen LogP contribution in [0.25, 0.3) is 5.69 Å². The lowest BCUT2D eigenvalue weighted by Gasteiger charge is -2.07. The Bertz CT molecular complexity index is 595. The maximum absolute atomic E-state index is 11.0. The monoisotopic (exact) mass is 311 g/mol. The van der Waals surface area contributed by atoms with Crippen molar-refractivity contribution in [3.8, 4) is 5.69 Å². The molecule has 0 bridgehead atoms. The average Bonchev–Trinajstić information content (AvgIpc) is 2.74. The lowest BCUT2D eigenvalue weighted by Crippen LogP contribution is -2.02. The van der Waals surface area contributed by atoms with Crippen molar-refractivity contribution in [3.63, 3.8) is 0 Å². The summed E-state index contributed by atoms with van der Waals surface area (Å²) >= 11 is 3.24. The highest BCUT2D eigenvalue weighted by atomic mass is 79.9. The molecule has 0 fully saturated rings. The second-order valence-corrected chi connectivity index (χ2v) is 4.70. The van der Waals surface area contributed by atoms with Gasteiger partial charge in [-0.2, -0.15) is 5.10 Å². The van der Waals surface area contributed by atoms with Gasteiger partial charge in [0, 0.05) is 12.3 Å². The van der Waals surface area contributed by atoms with E-state index >= 15 is 0 Å². The number of nitrogens with zero attached hydrogens (tertiary/aromatic N) is 3. The molecule has 2 aromatic rings. The first-order valence-corrected chi connectivity index (χ1v) is 5.95. The highest BCUT2D eigenvalue weighted by molar-refractivity contribution is 9.10. The SMILES string of the molecule is C[C@@H](O)c1ccc(-n2cc(Br)cn2)c([N+](=O)[O-])c1. The fraction of sp³-hybridized carbons (Fsp3) is 0.182. The number of hydrogen-bond acceptors (Lipinski definition) is 4. The van der Waals surface area contributed by atoms with Crippen LogP contribution in [-0.2, 0) is 0 Å². The van der Waals surface area contributed by atoms with Crippen molar-refractivity contribution in [2.24, 2.45) is 0 Å². The number of nitro groups is 1. The molecule has 0 aliphatic heterocycles. The topological polar surface area (TPSA) is 81.2 Å². The minimum atomic E-state index is -0.748. The summed E-state index contributed by atoms with van der Waals surface area (Å²) in [6.07, 6.45) is 2.43. The van der Waals surface area contributed by atoms with Crippen LogP contribution < -0.4 is 0 Å². The van der Waals surface area contributed by atoms with Gasteiger partial charge in [-0.15, -0.1) is 0 Å². The minimum absolute atomic E-state index is 0.0935. The molecule has 0 aliphatic carbocycles. The molecule has 18 heavy (non-hydrogen) atoms. The maximum Gasteiger partial charge on any atom is 0.295 e. The Labute approximate surface area is 111 Å². The molecule has 1 aromatic heterocycles. The van der Waals surface area contributed by atoms with Crippen molar-refractivity contribution in [2.75, 3.05) is 0 Å². The molecule has 0 saturated heterocycles. The van der Waals surface area contributed by atoms with Gasteiger partial charge in [0.2, 0.25) is 0 Å². The second-order valence-electron chi connectivity index (χ2n) is 3.78. The number of nitro benzene ring substituents is 1. The summed E-state index contributed by atoms with van der Waals surface area (Å²) < 4.78 is 2.14. The molecule has 0 saturated carbocycles. The molecule has 1 N–H and O–H groups in total. The van der Waals surface area contributed by atoms with Gasteiger partial charge in [0.15, 0.2) is 0 Å². The summed E-state index contributed by atoms with van der Waals surface area (Å²) in [5.74, 6) is 0. The predicted octanol–water partition coefficient (Wildman–Crippen LogP) is 2.60. The first kappa shape index (κ1) is 12.7. The molecular weight excluding hydrogens is 302 g/mol. The smallest absolute Gasteiger partial charge is 0.295 e. The van der Waals surface area contributed by atoms with Gasteiger partial charge in [-0.05, 0) is 34.5 Å². The lowest BCUT2D eigenvalue weighted by atomic mass is 10.1. The van der Waals surface area contributed by atoms with E-state index in [0.29, 0.717) is 11.3 Å². The highest BCUT2D eigenvalue weighted by Crippen LogP contribution is 2.27. The number of aliphatic hydroxyl groups excluding tert-OH is 1. The number of benzene rings is 1. The third kappa shape index (κ3) is 2.41. The summed E-state index contributed by atoms with van der Waals surface area (Å²) in [5.41, 5.74) is 0.760. The van der Waals surface area contributed by atoms with Crippen molar-refractivity contribution in [1.82, 2.24) is 9.78 Å². The molecule has 0 aliphatic rings. The van der Waals surface area contributed by atoms with E-state index in [1.54, 1.807) is 31.5 Å². The van der Waals surface area contributed by atoms with Crippen molar-refractivity contribution >= 4 is 21.6 Å². The van der Waals surface area contributed by atoms with Gasteiger partial charge in [0.25, 0.3) is 5.69 Å². The van der Waals surface area contributed by atoms with Gasteiger partial charge in [-0.3, -0.25) is 10.1 Å². The number of hydrogen-bond donors (Lipinski definition) is 1. The summed E-state index contributed by atoms with van der Waals surface area (Å²) in [7, 11) is 0. The quantitative estimate of drug-likeness (QED) is 0.697. The van der Waals surface area contributed by atoms with Crippen LogP contribution in [-0.4, -0.2) is 19.8 Å². The van der Waals surface area contributed by atoms with Crippen LogP contribution >= 0.6 is 15.9 Å². The summed E-state index contributed by atoms with van der Waals surface area (Å²) in [6, 6.07) is 4.57. The van der Waals surface area contributed by atoms with Gasteiger partial charge in [0.05, 0.1) is 21.7 Å². The molecule has 7 heteroatoms. The van der Waals surface area contributed by atoms with E-state index in [9.17, 15) is 15.2 Å². The summed E-state index contributed by atoms with van der Waals surface area (Å²) in [6.45, 7) is 1.56. The molecule has 0 unspecified atom stereocenters. The normalized spacial score (nSPS) is 12.4. The molecule has 0 radical (unpaired) electrons. The number of halogens is 1. The Hall–Kier alpha value is -1.73. The molecule has 0 spiro atoms. The molecule has 1 aromatic carbocycles. The third-order valence-electron chi connectivity index (χ3n) is 2.48. The molecule has 94 valence electrons. The molecule has 1 heterocycles. The van der Waals surface area contributed by atoms with Gasteiger partial charge in [0.1, 0.15) is 5.69 Å². The zero-order chi connectivity index (χ0) is 13.3. The maximum atomic E-state index is 11.0. The first-order chi connectivity index (χ1) is 8.49. The minimum Gasteiger partial charge on any atom is -0.389 e. The Morgan fingerprint density at radius 1 is 1.56 bits per heavy atom. The third-order valence-corrected chi connectivity index (χ3v) is 2.89. The fourth-order valence-electron chi connectivity index (χ4n) is 1.57. The molecular formula is C11H10BrN3O3. The largest absolute Gasteiger partial charge is 0.389 e. The van der Waals surface area contributed by atoms with Crippen LogP contribution in [0.15, 0.2) is 35.1 Å². The van der Waals surface area contributed by atoms with Crippen LogP contribution in [0.5, 0.6) is 0 Å². The van der Waals surface area contributed by atoms with Crippen LogP contribution in [0.3, 0.4) is 0 Å². The fourth-order valence-corrected chi connectivity index (χ4v) is 1.86. The zero-order valence-corrected chi connectivity index (χ0v) is 11.0. The number of aliphatic hydroxyl groups is 1. The standard InChI is InChI=1S/C11H10BrN3O3/c1-7(16)8-2-3-10(11(4-8)15(17)18)14-6-9(12)5-13-14/h2-7,16H,1H3/t7-/m1/s1. The van der Waals surface area contributed by atoms with Gasteiger partial charge < -0.3 is 5.11 Å². The van der Waals surface area contributed by atoms with Crippen molar-refractivity contribution < 1.29 is 10.0 Å².